The van der Waals surface area contributed by atoms with Crippen molar-refractivity contribution < 1.29 is 22.1 Å². The molecule has 0 atom stereocenters. The summed E-state index contributed by atoms with van der Waals surface area (Å²) in [5.74, 6) is -2.87. The normalized spacial score (nSPS) is 11.6. The van der Waals surface area contributed by atoms with Crippen LogP contribution in [0.1, 0.15) is 0 Å². The molecule has 12 heteroatoms. The fraction of sp³-hybridized carbons (Fsp3) is 0.111. The summed E-state index contributed by atoms with van der Waals surface area (Å²) in [7, 11) is -3.09. The first kappa shape index (κ1) is 14.9. The minimum absolute atomic E-state index is 0.399. The topological polar surface area (TPSA) is 134 Å². The van der Waals surface area contributed by atoms with Crippen LogP contribution in [-0.2, 0) is 17.1 Å². The number of nitro benzene ring substituents is 1. The van der Waals surface area contributed by atoms with Crippen LogP contribution in [0.5, 0.6) is 0 Å². The number of nitro groups is 1. The molecule has 0 unspecified atom stereocenters. The second kappa shape index (κ2) is 4.82. The molecule has 9 nitrogen and oxygen atoms in total. The maximum absolute atomic E-state index is 14.0. The Kier molecular flexibility index (Phi) is 3.43. The Balaban J connectivity index is 2.75. The Hall–Kier alpha value is -2.47. The molecule has 2 N–H and O–H groups in total. The van der Waals surface area contributed by atoms with Crippen LogP contribution >= 0.6 is 0 Å². The van der Waals surface area contributed by atoms with Crippen LogP contribution in [-0.4, -0.2) is 28.1 Å². The first-order valence-electron chi connectivity index (χ1n) is 5.19. The smallest absolute Gasteiger partial charge is 0.300 e. The summed E-state index contributed by atoms with van der Waals surface area (Å²) in [5, 5.41) is 21.5. The highest BCUT2D eigenvalue weighted by molar-refractivity contribution is 7.89. The second-order valence-corrected chi connectivity index (χ2v) is 5.41. The highest BCUT2D eigenvalue weighted by Crippen LogP contribution is 2.29. The highest BCUT2D eigenvalue weighted by atomic mass is 32.2. The molecule has 1 aromatic carbocycles. The van der Waals surface area contributed by atoms with Crippen LogP contribution in [0, 0.1) is 21.7 Å². The van der Waals surface area contributed by atoms with Crippen LogP contribution in [0.15, 0.2) is 17.3 Å². The van der Waals surface area contributed by atoms with Gasteiger partial charge in [-0.2, -0.15) is 4.39 Å². The van der Waals surface area contributed by atoms with Crippen molar-refractivity contribution in [3.63, 3.8) is 0 Å². The Morgan fingerprint density at radius 2 is 1.95 bits per heavy atom. The molecule has 0 aliphatic rings. The van der Waals surface area contributed by atoms with Crippen molar-refractivity contribution in [3.8, 4) is 11.4 Å². The van der Waals surface area contributed by atoms with Crippen molar-refractivity contribution in [1.82, 2.24) is 14.8 Å². The van der Waals surface area contributed by atoms with Crippen molar-refractivity contribution in [3.05, 3.63) is 33.9 Å². The lowest BCUT2D eigenvalue weighted by Gasteiger charge is -2.04. The SMILES string of the molecule is Cn1c(-c2cc(F)cc([N+](=O)[O-])c2F)nnc1S(N)(=O)=O. The molecule has 1 heterocycles. The Morgan fingerprint density at radius 1 is 1.33 bits per heavy atom. The van der Waals surface area contributed by atoms with Crippen molar-refractivity contribution in [2.75, 3.05) is 0 Å². The summed E-state index contributed by atoms with van der Waals surface area (Å²) >= 11 is 0. The third-order valence-electron chi connectivity index (χ3n) is 2.55. The molecule has 2 rings (SSSR count). The molecule has 0 spiro atoms. The lowest BCUT2D eigenvalue weighted by molar-refractivity contribution is -0.387. The molecule has 21 heavy (non-hydrogen) atoms. The number of rotatable bonds is 3. The van der Waals surface area contributed by atoms with Crippen LogP contribution in [0.3, 0.4) is 0 Å². The molecule has 0 bridgehead atoms. The number of nitrogens with zero attached hydrogens (tertiary/aromatic N) is 4. The zero-order valence-corrected chi connectivity index (χ0v) is 11.1. The van der Waals surface area contributed by atoms with E-state index in [1.807, 2.05) is 0 Å². The maximum atomic E-state index is 14.0. The number of benzene rings is 1. The summed E-state index contributed by atoms with van der Waals surface area (Å²) in [5.41, 5.74) is -1.71. The van der Waals surface area contributed by atoms with Crippen molar-refractivity contribution in [2.45, 2.75) is 5.16 Å². The number of nitrogens with two attached hydrogens (primary N) is 1. The molecule has 2 aromatic rings. The quantitative estimate of drug-likeness (QED) is 0.639. The first-order valence-corrected chi connectivity index (χ1v) is 6.73. The van der Waals surface area contributed by atoms with Crippen LogP contribution < -0.4 is 5.14 Å². The fourth-order valence-electron chi connectivity index (χ4n) is 1.67. The fourth-order valence-corrected chi connectivity index (χ4v) is 2.29. The molecule has 0 fully saturated rings. The van der Waals surface area contributed by atoms with E-state index in [9.17, 15) is 27.3 Å². The van der Waals surface area contributed by atoms with Crippen molar-refractivity contribution in [2.24, 2.45) is 12.2 Å². The Labute approximate surface area is 116 Å². The van der Waals surface area contributed by atoms with Crippen LogP contribution in [0.4, 0.5) is 14.5 Å². The van der Waals surface area contributed by atoms with E-state index in [-0.39, 0.29) is 0 Å². The lowest BCUT2D eigenvalue weighted by Crippen LogP contribution is -2.17. The van der Waals surface area contributed by atoms with Gasteiger partial charge in [0.15, 0.2) is 5.82 Å². The zero-order valence-electron chi connectivity index (χ0n) is 10.3. The summed E-state index contributed by atoms with van der Waals surface area (Å²) in [6.45, 7) is 0. The van der Waals surface area contributed by atoms with Gasteiger partial charge in [-0.1, -0.05) is 0 Å². The molecule has 0 saturated heterocycles. The second-order valence-electron chi connectivity index (χ2n) is 3.95. The van der Waals surface area contributed by atoms with E-state index < -0.39 is 48.8 Å². The number of sulfonamides is 1. The lowest BCUT2D eigenvalue weighted by atomic mass is 10.1. The minimum Gasteiger partial charge on any atom is -0.300 e. The van der Waals surface area contributed by atoms with Gasteiger partial charge in [-0.15, -0.1) is 10.2 Å². The molecular formula is C9H7F2N5O4S. The van der Waals surface area contributed by atoms with E-state index in [0.717, 1.165) is 11.6 Å². The Morgan fingerprint density at radius 3 is 2.43 bits per heavy atom. The van der Waals surface area contributed by atoms with Crippen LogP contribution in [0.2, 0.25) is 0 Å². The molecule has 0 saturated carbocycles. The Bertz CT molecular complexity index is 848. The molecule has 1 aromatic heterocycles. The molecule has 0 amide bonds. The van der Waals surface area contributed by atoms with Gasteiger partial charge in [0.25, 0.3) is 15.2 Å². The van der Waals surface area contributed by atoms with Gasteiger partial charge in [0, 0.05) is 7.05 Å². The van der Waals surface area contributed by atoms with Gasteiger partial charge in [0.1, 0.15) is 5.82 Å². The standard InChI is InChI=1S/C9H7F2N5O4S/c1-15-8(13-14-9(15)21(12,19)20)5-2-4(10)3-6(7(5)11)16(17)18/h2-3H,1H3,(H2,12,19,20). The predicted molar refractivity (Wildman–Crippen MR) is 64.4 cm³/mol. The van der Waals surface area contributed by atoms with E-state index in [0.29, 0.717) is 12.1 Å². The van der Waals surface area contributed by atoms with E-state index in [1.165, 1.54) is 0 Å². The van der Waals surface area contributed by atoms with Gasteiger partial charge in [0.2, 0.25) is 5.82 Å². The number of primary sulfonamides is 1. The van der Waals surface area contributed by atoms with E-state index in [1.54, 1.807) is 0 Å². The molecule has 0 radical (unpaired) electrons. The largest absolute Gasteiger partial charge is 0.308 e. The number of aromatic nitrogens is 3. The maximum Gasteiger partial charge on any atom is 0.308 e. The van der Waals surface area contributed by atoms with Gasteiger partial charge >= 0.3 is 5.69 Å². The molecule has 112 valence electrons. The first-order chi connectivity index (χ1) is 9.62. The average Bonchev–Trinajstić information content (AvgIpc) is 2.73. The van der Waals surface area contributed by atoms with Gasteiger partial charge in [-0.25, -0.2) is 17.9 Å². The summed E-state index contributed by atoms with van der Waals surface area (Å²) < 4.78 is 50.6. The number of halogens is 2. The third-order valence-corrected chi connectivity index (χ3v) is 3.41. The number of hydrogen-bond donors (Lipinski definition) is 1. The highest BCUT2D eigenvalue weighted by Gasteiger charge is 2.26. The van der Waals surface area contributed by atoms with E-state index >= 15 is 0 Å². The van der Waals surface area contributed by atoms with E-state index in [2.05, 4.69) is 10.2 Å². The van der Waals surface area contributed by atoms with Crippen molar-refractivity contribution in [1.29, 1.82) is 0 Å². The van der Waals surface area contributed by atoms with Gasteiger partial charge in [0.05, 0.1) is 16.6 Å². The predicted octanol–water partition coefficient (Wildman–Crippen LogP) is 0.316. The summed E-state index contributed by atoms with van der Waals surface area (Å²) in [6.07, 6.45) is 0. The summed E-state index contributed by atoms with van der Waals surface area (Å²) in [4.78, 5) is 9.53. The zero-order chi connectivity index (χ0) is 15.9. The van der Waals surface area contributed by atoms with Crippen molar-refractivity contribution >= 4 is 15.7 Å². The molecule has 0 aliphatic carbocycles. The molecular weight excluding hydrogens is 312 g/mol. The average molecular weight is 319 g/mol. The number of hydrogen-bond acceptors (Lipinski definition) is 6. The van der Waals surface area contributed by atoms with Gasteiger partial charge < -0.3 is 0 Å². The van der Waals surface area contributed by atoms with Gasteiger partial charge in [-0.05, 0) is 6.07 Å². The minimum atomic E-state index is -4.23. The van der Waals surface area contributed by atoms with Crippen LogP contribution in [0.25, 0.3) is 11.4 Å². The monoisotopic (exact) mass is 319 g/mol. The summed E-state index contributed by atoms with van der Waals surface area (Å²) in [6, 6.07) is 1.04. The molecule has 0 aliphatic heterocycles. The van der Waals surface area contributed by atoms with Gasteiger partial charge in [-0.3, -0.25) is 14.7 Å². The third kappa shape index (κ3) is 2.57. The van der Waals surface area contributed by atoms with E-state index in [4.69, 9.17) is 5.14 Å².